The standard InChI is InChI=1S/C32H50O4.2C2H6/c1-19-17-29(35-25(19)33)18-20(2)32(36-29)16-13-27(6)23-10-9-22-26(4,5)24(34-8)11-12-30(22)21(3)31(23,30)15-14-28(27,32)7;2*1-2/h19-24H,9-18H2,1-8H3;2*1-2H3/t19?,20-,21-,22?,23+,24-,27+,28?,29?,30?,31+,32+;;/m1../s1. The molecule has 12 atom stereocenters. The van der Waals surface area contributed by atoms with Crippen molar-refractivity contribution in [2.45, 2.75) is 158 Å². The Morgan fingerprint density at radius 1 is 0.775 bits per heavy atom. The summed E-state index contributed by atoms with van der Waals surface area (Å²) in [7, 11) is 1.94. The van der Waals surface area contributed by atoms with Gasteiger partial charge in [0, 0.05) is 25.4 Å². The fourth-order valence-corrected chi connectivity index (χ4v) is 13.7. The maximum absolute atomic E-state index is 12.5. The third-order valence-electron chi connectivity index (χ3n) is 15.3. The fourth-order valence-electron chi connectivity index (χ4n) is 13.7. The van der Waals surface area contributed by atoms with Gasteiger partial charge in [-0.15, -0.1) is 0 Å². The van der Waals surface area contributed by atoms with Crippen LogP contribution >= 0.6 is 0 Å². The molecule has 40 heavy (non-hydrogen) atoms. The van der Waals surface area contributed by atoms with Crippen LogP contribution in [0.2, 0.25) is 0 Å². The van der Waals surface area contributed by atoms with Crippen LogP contribution < -0.4 is 0 Å². The number of hydrogen-bond acceptors (Lipinski definition) is 4. The predicted octanol–water partition coefficient (Wildman–Crippen LogP) is 9.20. The molecule has 0 aromatic heterocycles. The van der Waals surface area contributed by atoms with E-state index in [-0.39, 0.29) is 33.7 Å². The van der Waals surface area contributed by atoms with Crippen molar-refractivity contribution in [2.75, 3.05) is 7.11 Å². The monoisotopic (exact) mass is 558 g/mol. The molecule has 2 aliphatic heterocycles. The lowest BCUT2D eigenvalue weighted by molar-refractivity contribution is -0.269. The molecule has 7 rings (SSSR count). The molecule has 7 aliphatic rings. The molecular formula is C36H62O4. The predicted molar refractivity (Wildman–Crippen MR) is 162 cm³/mol. The summed E-state index contributed by atoms with van der Waals surface area (Å²) in [6, 6.07) is 0. The van der Waals surface area contributed by atoms with E-state index in [9.17, 15) is 4.79 Å². The van der Waals surface area contributed by atoms with Crippen LogP contribution in [0.1, 0.15) is 140 Å². The minimum absolute atomic E-state index is 0.0457. The van der Waals surface area contributed by atoms with Gasteiger partial charge in [0.15, 0.2) is 0 Å². The van der Waals surface area contributed by atoms with Crippen LogP contribution in [-0.4, -0.2) is 30.6 Å². The maximum atomic E-state index is 12.5. The average molecular weight is 559 g/mol. The number of esters is 1. The minimum atomic E-state index is -0.673. The van der Waals surface area contributed by atoms with Crippen LogP contribution in [0.4, 0.5) is 0 Å². The normalized spacial score (nSPS) is 56.5. The van der Waals surface area contributed by atoms with Crippen LogP contribution in [0.25, 0.3) is 0 Å². The highest BCUT2D eigenvalue weighted by Crippen LogP contribution is 2.92. The molecule has 5 saturated carbocycles. The van der Waals surface area contributed by atoms with E-state index in [2.05, 4.69) is 41.5 Å². The SMILES string of the molecule is CC.CC.CO[C@@H]1CCC23C(CC[C@@H]4[C@]2(CCC2(C)[C@@]4(C)CC[C@@]24OC2(CC(C)C(=O)O2)C[C@H]4C)[C@@H]3C)C1(C)C. The summed E-state index contributed by atoms with van der Waals surface area (Å²) in [6.07, 6.45) is 12.3. The quantitative estimate of drug-likeness (QED) is 0.301. The minimum Gasteiger partial charge on any atom is -0.433 e. The molecule has 0 bridgehead atoms. The second kappa shape index (κ2) is 9.44. The molecule has 4 heteroatoms. The molecular weight excluding hydrogens is 496 g/mol. The van der Waals surface area contributed by atoms with Crippen LogP contribution in [-0.2, 0) is 19.0 Å². The Morgan fingerprint density at radius 2 is 1.40 bits per heavy atom. The molecule has 0 radical (unpaired) electrons. The lowest BCUT2D eigenvalue weighted by atomic mass is 9.41. The van der Waals surface area contributed by atoms with E-state index in [1.165, 1.54) is 44.9 Å². The first-order chi connectivity index (χ1) is 18.8. The fraction of sp³-hybridized carbons (Fsp3) is 0.972. The third kappa shape index (κ3) is 3.20. The second-order valence-corrected chi connectivity index (χ2v) is 15.9. The zero-order chi connectivity index (χ0) is 29.7. The second-order valence-electron chi connectivity index (χ2n) is 15.9. The molecule has 5 aliphatic carbocycles. The zero-order valence-corrected chi connectivity index (χ0v) is 28.2. The summed E-state index contributed by atoms with van der Waals surface area (Å²) in [5.74, 6) is 2.03. The van der Waals surface area contributed by atoms with Crippen LogP contribution in [0.5, 0.6) is 0 Å². The van der Waals surface area contributed by atoms with Gasteiger partial charge in [-0.2, -0.15) is 0 Å². The van der Waals surface area contributed by atoms with Crippen molar-refractivity contribution in [3.05, 3.63) is 0 Å². The first-order valence-corrected chi connectivity index (χ1v) is 17.3. The number of methoxy groups -OCH3 is 1. The third-order valence-corrected chi connectivity index (χ3v) is 15.3. The maximum Gasteiger partial charge on any atom is 0.311 e. The number of carbonyl (C=O) groups excluding carboxylic acids is 1. The molecule has 7 fully saturated rings. The van der Waals surface area contributed by atoms with Gasteiger partial charge in [0.1, 0.15) is 0 Å². The Kier molecular flexibility index (Phi) is 7.28. The highest BCUT2D eigenvalue weighted by Gasteiger charge is 2.88. The summed E-state index contributed by atoms with van der Waals surface area (Å²) in [4.78, 5) is 12.5. The molecule has 0 aromatic carbocycles. The molecule has 2 saturated heterocycles. The lowest BCUT2D eigenvalue weighted by Gasteiger charge is -2.64. The smallest absolute Gasteiger partial charge is 0.311 e. The van der Waals surface area contributed by atoms with Crippen LogP contribution in [0.3, 0.4) is 0 Å². The van der Waals surface area contributed by atoms with E-state index in [0.29, 0.717) is 22.9 Å². The zero-order valence-electron chi connectivity index (χ0n) is 28.2. The van der Waals surface area contributed by atoms with Crippen LogP contribution in [0.15, 0.2) is 0 Å². The van der Waals surface area contributed by atoms with Gasteiger partial charge < -0.3 is 14.2 Å². The van der Waals surface area contributed by atoms with Crippen molar-refractivity contribution < 1.29 is 19.0 Å². The first kappa shape index (κ1) is 30.8. The van der Waals surface area contributed by atoms with Gasteiger partial charge >= 0.3 is 5.97 Å². The van der Waals surface area contributed by atoms with E-state index < -0.39 is 5.79 Å². The van der Waals surface area contributed by atoms with Gasteiger partial charge in [-0.3, -0.25) is 4.79 Å². The molecule has 0 aromatic rings. The molecule has 2 heterocycles. The Hall–Kier alpha value is -0.610. The summed E-state index contributed by atoms with van der Waals surface area (Å²) >= 11 is 0. The van der Waals surface area contributed by atoms with E-state index in [0.717, 1.165) is 37.0 Å². The highest BCUT2D eigenvalue weighted by molar-refractivity contribution is 5.74. The van der Waals surface area contributed by atoms with E-state index in [1.807, 2.05) is 41.7 Å². The molecule has 0 amide bonds. The summed E-state index contributed by atoms with van der Waals surface area (Å²) in [5.41, 5.74) is 1.51. The van der Waals surface area contributed by atoms with Crippen molar-refractivity contribution in [1.82, 2.24) is 0 Å². The Bertz CT molecular complexity index is 1010. The van der Waals surface area contributed by atoms with Crippen molar-refractivity contribution in [3.8, 4) is 0 Å². The van der Waals surface area contributed by atoms with Crippen molar-refractivity contribution in [1.29, 1.82) is 0 Å². The van der Waals surface area contributed by atoms with Gasteiger partial charge in [0.2, 0.25) is 5.79 Å². The number of hydrogen-bond donors (Lipinski definition) is 0. The Morgan fingerprint density at radius 3 is 2.00 bits per heavy atom. The van der Waals surface area contributed by atoms with Crippen molar-refractivity contribution >= 4 is 5.97 Å². The van der Waals surface area contributed by atoms with Gasteiger partial charge in [0.05, 0.1) is 17.6 Å². The number of carbonyl (C=O) groups is 1. The van der Waals surface area contributed by atoms with Gasteiger partial charge in [-0.05, 0) is 96.7 Å². The van der Waals surface area contributed by atoms with Crippen LogP contribution in [0, 0.1) is 56.7 Å². The lowest BCUT2D eigenvalue weighted by Crippen LogP contribution is -2.61. The van der Waals surface area contributed by atoms with Gasteiger partial charge in [-0.1, -0.05) is 76.2 Å². The summed E-state index contributed by atoms with van der Waals surface area (Å²) in [6.45, 7) is 25.3. The average Bonchev–Trinajstić information content (AvgIpc) is 3.10. The summed E-state index contributed by atoms with van der Waals surface area (Å²) in [5, 5.41) is 0. The topological polar surface area (TPSA) is 44.8 Å². The molecule has 4 nitrogen and oxygen atoms in total. The van der Waals surface area contributed by atoms with E-state index in [1.54, 1.807) is 0 Å². The molecule has 0 N–H and O–H groups in total. The Labute approximate surface area is 246 Å². The number of rotatable bonds is 1. The molecule has 5 unspecified atom stereocenters. The summed E-state index contributed by atoms with van der Waals surface area (Å²) < 4.78 is 19.3. The van der Waals surface area contributed by atoms with Crippen molar-refractivity contribution in [2.24, 2.45) is 56.7 Å². The Balaban J connectivity index is 0.000000774. The van der Waals surface area contributed by atoms with Gasteiger partial charge in [0.25, 0.3) is 0 Å². The number of ether oxygens (including phenoxy) is 3. The first-order valence-electron chi connectivity index (χ1n) is 17.3. The number of fused-ring (bicyclic) bond motifs is 3. The molecule has 4 spiro atoms. The van der Waals surface area contributed by atoms with Gasteiger partial charge in [-0.25, -0.2) is 0 Å². The largest absolute Gasteiger partial charge is 0.433 e. The van der Waals surface area contributed by atoms with E-state index in [4.69, 9.17) is 14.2 Å². The van der Waals surface area contributed by atoms with E-state index >= 15 is 0 Å². The van der Waals surface area contributed by atoms with Crippen molar-refractivity contribution in [3.63, 3.8) is 0 Å². The molecule has 230 valence electrons. The highest BCUT2D eigenvalue weighted by atomic mass is 16.7.